The molecule has 0 atom stereocenters. The van der Waals surface area contributed by atoms with Crippen molar-refractivity contribution in [2.24, 2.45) is 0 Å². The van der Waals surface area contributed by atoms with Crippen LogP contribution in [0.3, 0.4) is 0 Å². The van der Waals surface area contributed by atoms with Gasteiger partial charge in [0.1, 0.15) is 11.5 Å². The van der Waals surface area contributed by atoms with E-state index in [0.717, 1.165) is 21.2 Å². The lowest BCUT2D eigenvalue weighted by molar-refractivity contribution is -0.118. The Balaban J connectivity index is 2.02. The normalized spacial score (nSPS) is 10.3. The Kier molecular flexibility index (Phi) is 5.66. The summed E-state index contributed by atoms with van der Waals surface area (Å²) in [6, 6.07) is 9.42. The van der Waals surface area contributed by atoms with E-state index < -0.39 is 0 Å². The Morgan fingerprint density at radius 2 is 1.78 bits per heavy atom. The molecule has 2 aromatic carbocycles. The van der Waals surface area contributed by atoms with Crippen LogP contribution in [0.15, 0.2) is 34.8 Å². The first kappa shape index (κ1) is 17.3. The monoisotopic (exact) mass is 377 g/mol. The van der Waals surface area contributed by atoms with E-state index >= 15 is 0 Å². The lowest BCUT2D eigenvalue weighted by Crippen LogP contribution is -2.20. The molecule has 0 spiro atoms. The molecular formula is C18H20BrNO3. The molecule has 4 nitrogen and oxygen atoms in total. The van der Waals surface area contributed by atoms with Crippen LogP contribution in [-0.2, 0) is 4.79 Å². The van der Waals surface area contributed by atoms with E-state index in [4.69, 9.17) is 9.47 Å². The number of rotatable bonds is 5. The Morgan fingerprint density at radius 1 is 1.13 bits per heavy atom. The van der Waals surface area contributed by atoms with Gasteiger partial charge in [0.2, 0.25) is 0 Å². The third-order valence-corrected chi connectivity index (χ3v) is 4.66. The number of hydrogen-bond donors (Lipinski definition) is 1. The molecule has 1 amide bonds. The summed E-state index contributed by atoms with van der Waals surface area (Å²) in [7, 11) is 1.57. The van der Waals surface area contributed by atoms with E-state index in [-0.39, 0.29) is 12.5 Å². The fraction of sp³-hybridized carbons (Fsp3) is 0.278. The van der Waals surface area contributed by atoms with Crippen LogP contribution in [0.25, 0.3) is 0 Å². The van der Waals surface area contributed by atoms with Crippen LogP contribution in [0.1, 0.15) is 16.7 Å². The van der Waals surface area contributed by atoms with Crippen molar-refractivity contribution in [3.63, 3.8) is 0 Å². The largest absolute Gasteiger partial charge is 0.495 e. The number of carbonyl (C=O) groups excluding carboxylic acids is 1. The van der Waals surface area contributed by atoms with Crippen LogP contribution in [0.5, 0.6) is 11.5 Å². The van der Waals surface area contributed by atoms with Crippen molar-refractivity contribution < 1.29 is 14.3 Å². The van der Waals surface area contributed by atoms with Crippen molar-refractivity contribution in [2.75, 3.05) is 19.0 Å². The molecule has 0 aliphatic carbocycles. The van der Waals surface area contributed by atoms with Crippen molar-refractivity contribution in [2.45, 2.75) is 20.8 Å². The van der Waals surface area contributed by atoms with Crippen LogP contribution in [0.4, 0.5) is 5.69 Å². The summed E-state index contributed by atoms with van der Waals surface area (Å²) in [4.78, 5) is 12.1. The number of amides is 1. The summed E-state index contributed by atoms with van der Waals surface area (Å²) in [6.07, 6.45) is 0. The Hall–Kier alpha value is -2.01. The van der Waals surface area contributed by atoms with Gasteiger partial charge >= 0.3 is 0 Å². The highest BCUT2D eigenvalue weighted by Gasteiger charge is 2.10. The highest BCUT2D eigenvalue weighted by Crippen LogP contribution is 2.27. The first-order valence-electron chi connectivity index (χ1n) is 7.24. The van der Waals surface area contributed by atoms with Crippen LogP contribution in [-0.4, -0.2) is 19.6 Å². The Bertz CT molecular complexity index is 705. The third-order valence-electron chi connectivity index (χ3n) is 3.41. The minimum atomic E-state index is -0.230. The first-order valence-corrected chi connectivity index (χ1v) is 8.04. The number of halogens is 1. The summed E-state index contributed by atoms with van der Waals surface area (Å²) in [5.41, 5.74) is 3.83. The Morgan fingerprint density at radius 3 is 2.39 bits per heavy atom. The molecule has 0 bridgehead atoms. The topological polar surface area (TPSA) is 47.6 Å². The molecule has 0 heterocycles. The van der Waals surface area contributed by atoms with E-state index in [9.17, 15) is 4.79 Å². The van der Waals surface area contributed by atoms with E-state index in [1.165, 1.54) is 0 Å². The molecule has 0 saturated heterocycles. The quantitative estimate of drug-likeness (QED) is 0.839. The standard InChI is InChI=1S/C18H20BrNO3/c1-11-5-6-16(22-4)15(7-11)20-17(21)10-23-14-8-12(2)18(19)13(3)9-14/h5-9H,10H2,1-4H3,(H,20,21). The zero-order valence-corrected chi connectivity index (χ0v) is 15.3. The molecule has 0 fully saturated rings. The lowest BCUT2D eigenvalue weighted by Gasteiger charge is -2.12. The molecule has 0 radical (unpaired) electrons. The molecule has 0 saturated carbocycles. The number of aryl methyl sites for hydroxylation is 3. The van der Waals surface area contributed by atoms with Crippen LogP contribution < -0.4 is 14.8 Å². The van der Waals surface area contributed by atoms with Crippen LogP contribution >= 0.6 is 15.9 Å². The molecular weight excluding hydrogens is 358 g/mol. The van der Waals surface area contributed by atoms with E-state index in [0.29, 0.717) is 17.2 Å². The smallest absolute Gasteiger partial charge is 0.262 e. The van der Waals surface area contributed by atoms with Crippen LogP contribution in [0, 0.1) is 20.8 Å². The Labute approximate surface area is 144 Å². The van der Waals surface area contributed by atoms with Gasteiger partial charge in [-0.3, -0.25) is 4.79 Å². The second kappa shape index (κ2) is 7.51. The molecule has 2 aromatic rings. The molecule has 5 heteroatoms. The second-order valence-electron chi connectivity index (χ2n) is 5.41. The predicted octanol–water partition coefficient (Wildman–Crippen LogP) is 4.40. The average molecular weight is 378 g/mol. The number of carbonyl (C=O) groups is 1. The fourth-order valence-corrected chi connectivity index (χ4v) is 2.47. The number of methoxy groups -OCH3 is 1. The van der Waals surface area contributed by atoms with Gasteiger partial charge < -0.3 is 14.8 Å². The van der Waals surface area contributed by atoms with Crippen LogP contribution in [0.2, 0.25) is 0 Å². The van der Waals surface area contributed by atoms with Crippen molar-refractivity contribution in [3.05, 3.63) is 51.5 Å². The molecule has 2 rings (SSSR count). The molecule has 122 valence electrons. The summed E-state index contributed by atoms with van der Waals surface area (Å²) < 4.78 is 11.9. The molecule has 1 N–H and O–H groups in total. The lowest BCUT2D eigenvalue weighted by atomic mass is 10.1. The number of benzene rings is 2. The highest BCUT2D eigenvalue weighted by molar-refractivity contribution is 9.10. The van der Waals surface area contributed by atoms with E-state index in [1.807, 2.05) is 51.1 Å². The highest BCUT2D eigenvalue weighted by atomic mass is 79.9. The van der Waals surface area contributed by atoms with E-state index in [2.05, 4.69) is 21.2 Å². The summed E-state index contributed by atoms with van der Waals surface area (Å²) in [5, 5.41) is 2.81. The number of nitrogens with one attached hydrogen (secondary N) is 1. The molecule has 0 unspecified atom stereocenters. The van der Waals surface area contributed by atoms with Gasteiger partial charge in [0.25, 0.3) is 5.91 Å². The summed E-state index contributed by atoms with van der Waals surface area (Å²) in [6.45, 7) is 5.87. The SMILES string of the molecule is COc1ccc(C)cc1NC(=O)COc1cc(C)c(Br)c(C)c1. The van der Waals surface area contributed by atoms with Crippen molar-refractivity contribution >= 4 is 27.5 Å². The maximum atomic E-state index is 12.1. The van der Waals surface area contributed by atoms with Crippen molar-refractivity contribution in [1.82, 2.24) is 0 Å². The average Bonchev–Trinajstić information content (AvgIpc) is 2.50. The molecule has 0 aromatic heterocycles. The van der Waals surface area contributed by atoms with Gasteiger partial charge in [-0.25, -0.2) is 0 Å². The van der Waals surface area contributed by atoms with Gasteiger partial charge in [-0.05, 0) is 61.7 Å². The minimum absolute atomic E-state index is 0.0579. The van der Waals surface area contributed by atoms with Gasteiger partial charge in [-0.1, -0.05) is 22.0 Å². The third kappa shape index (κ3) is 4.48. The van der Waals surface area contributed by atoms with E-state index in [1.54, 1.807) is 7.11 Å². The van der Waals surface area contributed by atoms with Gasteiger partial charge in [-0.15, -0.1) is 0 Å². The molecule has 23 heavy (non-hydrogen) atoms. The molecule has 0 aliphatic rings. The predicted molar refractivity (Wildman–Crippen MR) is 95.5 cm³/mol. The summed E-state index contributed by atoms with van der Waals surface area (Å²) >= 11 is 3.51. The van der Waals surface area contributed by atoms with Gasteiger partial charge in [0, 0.05) is 4.47 Å². The van der Waals surface area contributed by atoms with Gasteiger partial charge in [0.05, 0.1) is 12.8 Å². The van der Waals surface area contributed by atoms with Gasteiger partial charge in [0.15, 0.2) is 6.61 Å². The maximum Gasteiger partial charge on any atom is 0.262 e. The van der Waals surface area contributed by atoms with Gasteiger partial charge in [-0.2, -0.15) is 0 Å². The summed E-state index contributed by atoms with van der Waals surface area (Å²) in [5.74, 6) is 1.07. The second-order valence-corrected chi connectivity index (χ2v) is 6.20. The maximum absolute atomic E-state index is 12.1. The number of hydrogen-bond acceptors (Lipinski definition) is 3. The number of anilines is 1. The zero-order chi connectivity index (χ0) is 17.0. The molecule has 0 aliphatic heterocycles. The first-order chi connectivity index (χ1) is 10.9. The number of ether oxygens (including phenoxy) is 2. The fourth-order valence-electron chi connectivity index (χ4n) is 2.24. The van der Waals surface area contributed by atoms with Crippen molar-refractivity contribution in [1.29, 1.82) is 0 Å². The zero-order valence-electron chi connectivity index (χ0n) is 13.7. The minimum Gasteiger partial charge on any atom is -0.495 e. The van der Waals surface area contributed by atoms with Crippen molar-refractivity contribution in [3.8, 4) is 11.5 Å².